The molecule has 0 aliphatic carbocycles. The number of amides is 1. The van der Waals surface area contributed by atoms with Crippen LogP contribution in [0.1, 0.15) is 28.7 Å². The second-order valence-electron chi connectivity index (χ2n) is 6.22. The first-order valence-corrected chi connectivity index (χ1v) is 8.62. The number of nitrogens with zero attached hydrogens (tertiary/aromatic N) is 3. The van der Waals surface area contributed by atoms with Crippen LogP contribution in [0.15, 0.2) is 24.3 Å². The van der Waals surface area contributed by atoms with Gasteiger partial charge in [-0.1, -0.05) is 0 Å². The van der Waals surface area contributed by atoms with Crippen LogP contribution in [0.5, 0.6) is 11.5 Å². The second kappa shape index (κ2) is 6.33. The fourth-order valence-corrected chi connectivity index (χ4v) is 3.20. The molecule has 26 heavy (non-hydrogen) atoms. The van der Waals surface area contributed by atoms with Crippen molar-refractivity contribution in [3.05, 3.63) is 41.2 Å². The molecular formula is C19H20N4O3. The molecule has 0 spiro atoms. The van der Waals surface area contributed by atoms with E-state index < -0.39 is 0 Å². The van der Waals surface area contributed by atoms with E-state index in [1.807, 2.05) is 25.5 Å². The van der Waals surface area contributed by atoms with Gasteiger partial charge in [0.2, 0.25) is 0 Å². The quantitative estimate of drug-likeness (QED) is 0.784. The van der Waals surface area contributed by atoms with Gasteiger partial charge in [0, 0.05) is 24.0 Å². The predicted molar refractivity (Wildman–Crippen MR) is 98.1 cm³/mol. The van der Waals surface area contributed by atoms with E-state index in [0.717, 1.165) is 22.4 Å². The van der Waals surface area contributed by atoms with E-state index in [1.54, 1.807) is 24.3 Å². The van der Waals surface area contributed by atoms with Crippen LogP contribution in [0.4, 0.5) is 5.69 Å². The third-order valence-electron chi connectivity index (χ3n) is 4.35. The van der Waals surface area contributed by atoms with E-state index >= 15 is 0 Å². The molecule has 0 fully saturated rings. The molecule has 1 N–H and O–H groups in total. The smallest absolute Gasteiger partial charge is 0.256 e. The van der Waals surface area contributed by atoms with Gasteiger partial charge >= 0.3 is 0 Å². The number of hydrogen-bond acceptors (Lipinski definition) is 5. The fourth-order valence-electron chi connectivity index (χ4n) is 3.20. The molecule has 4 rings (SSSR count). The highest BCUT2D eigenvalue weighted by molar-refractivity contribution is 6.12. The van der Waals surface area contributed by atoms with Gasteiger partial charge in [0.05, 0.1) is 16.6 Å². The first kappa shape index (κ1) is 16.4. The van der Waals surface area contributed by atoms with E-state index in [1.165, 1.54) is 0 Å². The Morgan fingerprint density at radius 1 is 1.19 bits per heavy atom. The molecular weight excluding hydrogens is 332 g/mol. The third kappa shape index (κ3) is 2.75. The number of aromatic nitrogens is 3. The predicted octanol–water partition coefficient (Wildman–Crippen LogP) is 3.09. The molecule has 0 saturated heterocycles. The molecule has 0 radical (unpaired) electrons. The highest BCUT2D eigenvalue weighted by atomic mass is 16.6. The minimum absolute atomic E-state index is 0.198. The molecule has 0 bridgehead atoms. The minimum Gasteiger partial charge on any atom is -0.486 e. The Hall–Kier alpha value is -3.09. The molecule has 1 aromatic carbocycles. The van der Waals surface area contributed by atoms with Crippen molar-refractivity contribution in [2.24, 2.45) is 0 Å². The van der Waals surface area contributed by atoms with Gasteiger partial charge in [0.15, 0.2) is 17.1 Å². The SMILES string of the molecule is CCn1nc(C)c2c(C(=O)Nc3ccc4c(c3)OCCO4)cc(C)nc21. The number of nitrogens with one attached hydrogen (secondary N) is 1. The van der Waals surface area contributed by atoms with E-state index in [0.29, 0.717) is 42.5 Å². The van der Waals surface area contributed by atoms with Gasteiger partial charge in [0.1, 0.15) is 13.2 Å². The van der Waals surface area contributed by atoms with Crippen molar-refractivity contribution >= 4 is 22.6 Å². The summed E-state index contributed by atoms with van der Waals surface area (Å²) in [5.41, 5.74) is 3.53. The average Bonchev–Trinajstić information content (AvgIpc) is 2.96. The molecule has 134 valence electrons. The highest BCUT2D eigenvalue weighted by Gasteiger charge is 2.19. The van der Waals surface area contributed by atoms with Crippen LogP contribution >= 0.6 is 0 Å². The van der Waals surface area contributed by atoms with Crippen molar-refractivity contribution in [2.45, 2.75) is 27.3 Å². The number of carbonyl (C=O) groups excluding carboxylic acids is 1. The normalized spacial score (nSPS) is 13.0. The molecule has 1 amide bonds. The number of rotatable bonds is 3. The first-order chi connectivity index (χ1) is 12.6. The molecule has 1 aliphatic rings. The Morgan fingerprint density at radius 2 is 1.96 bits per heavy atom. The molecule has 3 heterocycles. The maximum atomic E-state index is 13.0. The zero-order chi connectivity index (χ0) is 18.3. The summed E-state index contributed by atoms with van der Waals surface area (Å²) in [4.78, 5) is 17.5. The lowest BCUT2D eigenvalue weighted by molar-refractivity contribution is 0.102. The molecule has 0 saturated carbocycles. The van der Waals surface area contributed by atoms with Crippen molar-refractivity contribution in [2.75, 3.05) is 18.5 Å². The summed E-state index contributed by atoms with van der Waals surface area (Å²) < 4.78 is 12.9. The Bertz CT molecular complexity index is 1010. The number of aryl methyl sites for hydroxylation is 3. The van der Waals surface area contributed by atoms with E-state index in [4.69, 9.17) is 9.47 Å². The molecule has 0 unspecified atom stereocenters. The summed E-state index contributed by atoms with van der Waals surface area (Å²) in [6.45, 7) is 7.52. The summed E-state index contributed by atoms with van der Waals surface area (Å²) in [6.07, 6.45) is 0. The molecule has 2 aromatic heterocycles. The van der Waals surface area contributed by atoms with E-state index in [9.17, 15) is 4.79 Å². The van der Waals surface area contributed by atoms with Gasteiger partial charge in [-0.25, -0.2) is 9.67 Å². The Balaban J connectivity index is 1.71. The molecule has 0 atom stereocenters. The van der Waals surface area contributed by atoms with E-state index in [-0.39, 0.29) is 5.91 Å². The number of fused-ring (bicyclic) bond motifs is 2. The summed E-state index contributed by atoms with van der Waals surface area (Å²) >= 11 is 0. The standard InChI is InChI=1S/C19H20N4O3/c1-4-23-18-17(12(3)22-23)14(9-11(2)20-18)19(24)21-13-5-6-15-16(10-13)26-8-7-25-15/h5-6,9-10H,4,7-8H2,1-3H3,(H,21,24). The van der Waals surface area contributed by atoms with Crippen LogP contribution in [-0.4, -0.2) is 33.9 Å². The number of anilines is 1. The largest absolute Gasteiger partial charge is 0.486 e. The minimum atomic E-state index is -0.198. The molecule has 7 nitrogen and oxygen atoms in total. The highest BCUT2D eigenvalue weighted by Crippen LogP contribution is 2.33. The fraction of sp³-hybridized carbons (Fsp3) is 0.316. The lowest BCUT2D eigenvalue weighted by Gasteiger charge is -2.19. The number of benzene rings is 1. The van der Waals surface area contributed by atoms with Crippen molar-refractivity contribution < 1.29 is 14.3 Å². The molecule has 7 heteroatoms. The number of ether oxygens (including phenoxy) is 2. The second-order valence-corrected chi connectivity index (χ2v) is 6.22. The first-order valence-electron chi connectivity index (χ1n) is 8.62. The van der Waals surface area contributed by atoms with Gasteiger partial charge < -0.3 is 14.8 Å². The average molecular weight is 352 g/mol. The van der Waals surface area contributed by atoms with Crippen molar-refractivity contribution in [3.8, 4) is 11.5 Å². The lowest BCUT2D eigenvalue weighted by atomic mass is 10.1. The van der Waals surface area contributed by atoms with Crippen LogP contribution in [-0.2, 0) is 6.54 Å². The van der Waals surface area contributed by atoms with Crippen LogP contribution in [0.3, 0.4) is 0 Å². The number of pyridine rings is 1. The maximum Gasteiger partial charge on any atom is 0.256 e. The Kier molecular flexibility index (Phi) is 3.99. The van der Waals surface area contributed by atoms with Crippen molar-refractivity contribution in [1.82, 2.24) is 14.8 Å². The summed E-state index contributed by atoms with van der Waals surface area (Å²) in [5, 5.41) is 8.22. The van der Waals surface area contributed by atoms with E-state index in [2.05, 4.69) is 15.4 Å². The summed E-state index contributed by atoms with van der Waals surface area (Å²) in [5.74, 6) is 1.13. The van der Waals surface area contributed by atoms with Crippen LogP contribution in [0.25, 0.3) is 11.0 Å². The van der Waals surface area contributed by atoms with Gasteiger partial charge in [-0.2, -0.15) is 5.10 Å². The maximum absolute atomic E-state index is 13.0. The van der Waals surface area contributed by atoms with Gasteiger partial charge in [-0.3, -0.25) is 4.79 Å². The summed E-state index contributed by atoms with van der Waals surface area (Å²) in [6, 6.07) is 7.18. The molecule has 3 aromatic rings. The van der Waals surface area contributed by atoms with Gasteiger partial charge in [-0.05, 0) is 39.0 Å². The topological polar surface area (TPSA) is 78.3 Å². The zero-order valence-electron chi connectivity index (χ0n) is 15.0. The Labute approximate surface area is 150 Å². The Morgan fingerprint density at radius 3 is 2.73 bits per heavy atom. The van der Waals surface area contributed by atoms with Crippen LogP contribution in [0, 0.1) is 13.8 Å². The van der Waals surface area contributed by atoms with Crippen LogP contribution < -0.4 is 14.8 Å². The van der Waals surface area contributed by atoms with Gasteiger partial charge in [-0.15, -0.1) is 0 Å². The monoisotopic (exact) mass is 352 g/mol. The van der Waals surface area contributed by atoms with Crippen LogP contribution in [0.2, 0.25) is 0 Å². The summed E-state index contributed by atoms with van der Waals surface area (Å²) in [7, 11) is 0. The molecule has 1 aliphatic heterocycles. The van der Waals surface area contributed by atoms with Crippen molar-refractivity contribution in [1.29, 1.82) is 0 Å². The number of carbonyl (C=O) groups is 1. The lowest BCUT2D eigenvalue weighted by Crippen LogP contribution is -2.17. The third-order valence-corrected chi connectivity index (χ3v) is 4.35. The van der Waals surface area contributed by atoms with Crippen molar-refractivity contribution in [3.63, 3.8) is 0 Å². The van der Waals surface area contributed by atoms with Gasteiger partial charge in [0.25, 0.3) is 5.91 Å². The zero-order valence-corrected chi connectivity index (χ0v) is 15.0. The number of hydrogen-bond donors (Lipinski definition) is 1.